The predicted octanol–water partition coefficient (Wildman–Crippen LogP) is 2.63. The molecule has 2 N–H and O–H groups in total. The summed E-state index contributed by atoms with van der Waals surface area (Å²) in [7, 11) is 0. The topological polar surface area (TPSA) is 68.2 Å². The summed E-state index contributed by atoms with van der Waals surface area (Å²) in [6.45, 7) is 9.28. The molecule has 1 saturated carbocycles. The summed E-state index contributed by atoms with van der Waals surface area (Å²) in [5.41, 5.74) is 6.26. The van der Waals surface area contributed by atoms with Crippen LogP contribution in [0.1, 0.15) is 70.6 Å². The first-order valence-electron chi connectivity index (χ1n) is 7.91. The van der Waals surface area contributed by atoms with E-state index >= 15 is 0 Å². The lowest BCUT2D eigenvalue weighted by molar-refractivity contribution is 0.230. The maximum absolute atomic E-state index is 6.21. The summed E-state index contributed by atoms with van der Waals surface area (Å²) in [5.74, 6) is 1.43. The Hall–Kier alpha value is -0.940. The van der Waals surface area contributed by atoms with Crippen LogP contribution in [0.5, 0.6) is 0 Å². The molecule has 1 aliphatic rings. The van der Waals surface area contributed by atoms with Gasteiger partial charge in [-0.3, -0.25) is 0 Å². The van der Waals surface area contributed by atoms with E-state index in [4.69, 9.17) is 10.3 Å². The van der Waals surface area contributed by atoms with Gasteiger partial charge in [-0.05, 0) is 25.9 Å². The maximum atomic E-state index is 6.21. The van der Waals surface area contributed by atoms with Crippen molar-refractivity contribution in [1.29, 1.82) is 0 Å². The van der Waals surface area contributed by atoms with Crippen LogP contribution in [0.3, 0.4) is 0 Å². The minimum atomic E-state index is -0.167. The summed E-state index contributed by atoms with van der Waals surface area (Å²) in [5, 5.41) is 4.12. The van der Waals surface area contributed by atoms with Gasteiger partial charge in [-0.2, -0.15) is 4.98 Å². The van der Waals surface area contributed by atoms with Crippen molar-refractivity contribution < 1.29 is 4.52 Å². The second-order valence-corrected chi connectivity index (χ2v) is 6.17. The number of hydrogen-bond donors (Lipinski definition) is 1. The number of nitrogens with zero attached hydrogens (tertiary/aromatic N) is 3. The van der Waals surface area contributed by atoms with E-state index in [1.54, 1.807) is 0 Å². The van der Waals surface area contributed by atoms with Crippen molar-refractivity contribution in [2.45, 2.75) is 64.3 Å². The van der Waals surface area contributed by atoms with Gasteiger partial charge < -0.3 is 15.2 Å². The maximum Gasteiger partial charge on any atom is 0.232 e. The molecule has 5 nitrogen and oxygen atoms in total. The average molecular weight is 280 g/mol. The summed E-state index contributed by atoms with van der Waals surface area (Å²) >= 11 is 0. The van der Waals surface area contributed by atoms with E-state index in [2.05, 4.69) is 35.8 Å². The van der Waals surface area contributed by atoms with Gasteiger partial charge in [0.25, 0.3) is 0 Å². The van der Waals surface area contributed by atoms with E-state index in [1.165, 1.54) is 19.3 Å². The molecule has 1 heterocycles. The molecule has 0 radical (unpaired) electrons. The highest BCUT2D eigenvalue weighted by molar-refractivity contribution is 5.06. The zero-order valence-electron chi connectivity index (χ0n) is 13.1. The largest absolute Gasteiger partial charge is 0.339 e. The lowest BCUT2D eigenvalue weighted by atomic mass is 9.75. The molecule has 0 spiro atoms. The number of nitrogens with two attached hydrogens (primary N) is 1. The monoisotopic (exact) mass is 280 g/mol. The first-order valence-corrected chi connectivity index (χ1v) is 7.91. The zero-order valence-corrected chi connectivity index (χ0v) is 13.1. The fourth-order valence-electron chi connectivity index (χ4n) is 3.02. The van der Waals surface area contributed by atoms with Gasteiger partial charge in [0.2, 0.25) is 5.89 Å². The Morgan fingerprint density at radius 2 is 1.90 bits per heavy atom. The van der Waals surface area contributed by atoms with E-state index in [0.717, 1.165) is 38.4 Å². The molecule has 1 fully saturated rings. The Bertz CT molecular complexity index is 408. The van der Waals surface area contributed by atoms with Gasteiger partial charge in [-0.1, -0.05) is 45.2 Å². The van der Waals surface area contributed by atoms with E-state index in [-0.39, 0.29) is 11.5 Å². The Labute approximate surface area is 121 Å². The molecule has 0 aliphatic heterocycles. The van der Waals surface area contributed by atoms with E-state index in [9.17, 15) is 0 Å². The highest BCUT2D eigenvalue weighted by Crippen LogP contribution is 2.38. The highest BCUT2D eigenvalue weighted by Gasteiger charge is 2.34. The molecule has 0 amide bonds. The van der Waals surface area contributed by atoms with Crippen LogP contribution < -0.4 is 5.73 Å². The zero-order chi connectivity index (χ0) is 14.6. The van der Waals surface area contributed by atoms with Gasteiger partial charge in [-0.15, -0.1) is 0 Å². The average Bonchev–Trinajstić information content (AvgIpc) is 2.96. The molecular formula is C15H28N4O. The van der Waals surface area contributed by atoms with Crippen LogP contribution >= 0.6 is 0 Å². The smallest absolute Gasteiger partial charge is 0.232 e. The lowest BCUT2D eigenvalue weighted by Gasteiger charge is -2.29. The third-order valence-corrected chi connectivity index (χ3v) is 4.60. The molecule has 1 aromatic rings. The number of likely N-dealkylation sites (N-methyl/N-ethyl adjacent to an activating group) is 1. The van der Waals surface area contributed by atoms with Crippen molar-refractivity contribution in [1.82, 2.24) is 15.0 Å². The quantitative estimate of drug-likeness (QED) is 0.867. The molecule has 2 rings (SSSR count). The summed E-state index contributed by atoms with van der Waals surface area (Å²) in [4.78, 5) is 6.88. The summed E-state index contributed by atoms with van der Waals surface area (Å²) < 4.78 is 5.52. The van der Waals surface area contributed by atoms with Gasteiger partial charge >= 0.3 is 0 Å². The van der Waals surface area contributed by atoms with Gasteiger partial charge in [0, 0.05) is 12.0 Å². The third-order valence-electron chi connectivity index (χ3n) is 4.60. The normalized spacial score (nSPS) is 20.2. The van der Waals surface area contributed by atoms with Crippen molar-refractivity contribution in [3.05, 3.63) is 11.7 Å². The number of aromatic nitrogens is 2. The predicted molar refractivity (Wildman–Crippen MR) is 79.5 cm³/mol. The molecule has 5 heteroatoms. The molecule has 20 heavy (non-hydrogen) atoms. The molecule has 0 aromatic carbocycles. The SMILES string of the molecule is CCN(CC)CC(N)c1noc(C2(C)CCCCC2)n1. The van der Waals surface area contributed by atoms with E-state index in [0.29, 0.717) is 5.82 Å². The first kappa shape index (κ1) is 15.4. The van der Waals surface area contributed by atoms with Crippen molar-refractivity contribution >= 4 is 0 Å². The molecule has 1 atom stereocenters. The summed E-state index contributed by atoms with van der Waals surface area (Å²) in [6.07, 6.45) is 6.09. The van der Waals surface area contributed by atoms with Crippen molar-refractivity contribution in [3.63, 3.8) is 0 Å². The van der Waals surface area contributed by atoms with Crippen molar-refractivity contribution in [2.75, 3.05) is 19.6 Å². The minimum Gasteiger partial charge on any atom is -0.339 e. The van der Waals surface area contributed by atoms with Crippen LogP contribution in [0.4, 0.5) is 0 Å². The van der Waals surface area contributed by atoms with Crippen LogP contribution in [-0.4, -0.2) is 34.7 Å². The van der Waals surface area contributed by atoms with Gasteiger partial charge in [0.15, 0.2) is 5.82 Å². The van der Waals surface area contributed by atoms with Crippen molar-refractivity contribution in [3.8, 4) is 0 Å². The van der Waals surface area contributed by atoms with Crippen molar-refractivity contribution in [2.24, 2.45) is 5.73 Å². The second kappa shape index (κ2) is 6.68. The number of rotatable bonds is 6. The van der Waals surface area contributed by atoms with Crippen LogP contribution in [0.2, 0.25) is 0 Å². The fourth-order valence-corrected chi connectivity index (χ4v) is 3.02. The second-order valence-electron chi connectivity index (χ2n) is 6.17. The van der Waals surface area contributed by atoms with Crippen LogP contribution in [0.25, 0.3) is 0 Å². The third kappa shape index (κ3) is 3.38. The Morgan fingerprint density at radius 1 is 1.25 bits per heavy atom. The molecule has 0 saturated heterocycles. The first-order chi connectivity index (χ1) is 9.59. The molecular weight excluding hydrogens is 252 g/mol. The molecule has 0 bridgehead atoms. The van der Waals surface area contributed by atoms with Gasteiger partial charge in [0.1, 0.15) is 0 Å². The van der Waals surface area contributed by atoms with Crippen LogP contribution in [0.15, 0.2) is 4.52 Å². The van der Waals surface area contributed by atoms with Gasteiger partial charge in [-0.25, -0.2) is 0 Å². The molecule has 114 valence electrons. The standard InChI is InChI=1S/C15H28N4O/c1-4-19(5-2)11-12(16)13-17-14(20-18-13)15(3)9-7-6-8-10-15/h12H,4-11,16H2,1-3H3. The minimum absolute atomic E-state index is 0.0540. The lowest BCUT2D eigenvalue weighted by Crippen LogP contribution is -2.32. The van der Waals surface area contributed by atoms with E-state index < -0.39 is 0 Å². The summed E-state index contributed by atoms with van der Waals surface area (Å²) in [6, 6.07) is -0.167. The highest BCUT2D eigenvalue weighted by atomic mass is 16.5. The Morgan fingerprint density at radius 3 is 2.50 bits per heavy atom. The molecule has 1 aromatic heterocycles. The Kier molecular flexibility index (Phi) is 5.16. The molecule has 1 unspecified atom stereocenters. The number of hydrogen-bond acceptors (Lipinski definition) is 5. The van der Waals surface area contributed by atoms with Crippen LogP contribution in [0, 0.1) is 0 Å². The van der Waals surface area contributed by atoms with E-state index in [1.807, 2.05) is 0 Å². The fraction of sp³-hybridized carbons (Fsp3) is 0.867. The Balaban J connectivity index is 2.04. The molecule has 1 aliphatic carbocycles. The van der Waals surface area contributed by atoms with Crippen LogP contribution in [-0.2, 0) is 5.41 Å². The van der Waals surface area contributed by atoms with Gasteiger partial charge in [0.05, 0.1) is 6.04 Å².